The number of ketones is 1. The summed E-state index contributed by atoms with van der Waals surface area (Å²) in [6.07, 6.45) is 0. The molecule has 0 aliphatic carbocycles. The Morgan fingerprint density at radius 2 is 1.64 bits per heavy atom. The van der Waals surface area contributed by atoms with Crippen LogP contribution in [-0.4, -0.2) is 38.1 Å². The summed E-state index contributed by atoms with van der Waals surface area (Å²) in [4.78, 5) is 25.8. The van der Waals surface area contributed by atoms with Crippen molar-refractivity contribution in [2.75, 3.05) is 41.8 Å². The number of rotatable bonds is 4. The van der Waals surface area contributed by atoms with Crippen LogP contribution in [0.5, 0.6) is 0 Å². The molecule has 2 aromatic rings. The fraction of sp³-hybridized carbons (Fsp3) is 0.263. The summed E-state index contributed by atoms with van der Waals surface area (Å²) in [6, 6.07) is 14.2. The van der Waals surface area contributed by atoms with Crippen molar-refractivity contribution < 1.29 is 14.3 Å². The number of nitrogens with zero attached hydrogens (tertiary/aromatic N) is 1. The number of Topliss-reactive ketones (excluding diaryl/α,β-unsaturated/α-hetero) is 1. The maximum Gasteiger partial charge on any atom is 0.323 e. The number of ether oxygens (including phenoxy) is 1. The predicted octanol–water partition coefficient (Wildman–Crippen LogP) is 3.37. The summed E-state index contributed by atoms with van der Waals surface area (Å²) in [7, 11) is 0. The minimum atomic E-state index is -0.323. The third-order valence-corrected chi connectivity index (χ3v) is 4.05. The van der Waals surface area contributed by atoms with Crippen LogP contribution in [0.15, 0.2) is 48.5 Å². The van der Waals surface area contributed by atoms with Gasteiger partial charge in [-0.2, -0.15) is 0 Å². The number of hydrogen-bond donors (Lipinski definition) is 2. The molecule has 2 aromatic carbocycles. The van der Waals surface area contributed by atoms with Crippen molar-refractivity contribution in [3.05, 3.63) is 54.1 Å². The molecule has 2 amide bonds. The molecule has 0 atom stereocenters. The summed E-state index contributed by atoms with van der Waals surface area (Å²) >= 11 is 0. The zero-order chi connectivity index (χ0) is 17.6. The quantitative estimate of drug-likeness (QED) is 0.838. The SMILES string of the molecule is CC(=O)c1ccc(NC(=O)Nc2ccccc2N2CCOCC2)cc1. The number of para-hydroxylation sites is 2. The fourth-order valence-electron chi connectivity index (χ4n) is 2.73. The van der Waals surface area contributed by atoms with Crippen molar-refractivity contribution in [3.63, 3.8) is 0 Å². The molecule has 0 radical (unpaired) electrons. The fourth-order valence-corrected chi connectivity index (χ4v) is 2.73. The lowest BCUT2D eigenvalue weighted by atomic mass is 10.1. The van der Waals surface area contributed by atoms with E-state index in [1.54, 1.807) is 24.3 Å². The van der Waals surface area contributed by atoms with Gasteiger partial charge in [0.25, 0.3) is 0 Å². The van der Waals surface area contributed by atoms with E-state index >= 15 is 0 Å². The van der Waals surface area contributed by atoms with Crippen LogP contribution in [-0.2, 0) is 4.74 Å². The molecule has 1 fully saturated rings. The Bertz CT molecular complexity index is 753. The van der Waals surface area contributed by atoms with E-state index in [2.05, 4.69) is 15.5 Å². The topological polar surface area (TPSA) is 70.7 Å². The molecule has 1 heterocycles. The highest BCUT2D eigenvalue weighted by molar-refractivity contribution is 6.02. The van der Waals surface area contributed by atoms with Gasteiger partial charge in [0.1, 0.15) is 0 Å². The molecule has 6 nitrogen and oxygen atoms in total. The largest absolute Gasteiger partial charge is 0.378 e. The Hall–Kier alpha value is -2.86. The van der Waals surface area contributed by atoms with Crippen molar-refractivity contribution in [1.29, 1.82) is 0 Å². The van der Waals surface area contributed by atoms with E-state index in [9.17, 15) is 9.59 Å². The van der Waals surface area contributed by atoms with Crippen molar-refractivity contribution in [1.82, 2.24) is 0 Å². The molecule has 2 N–H and O–H groups in total. The molecule has 25 heavy (non-hydrogen) atoms. The summed E-state index contributed by atoms with van der Waals surface area (Å²) in [5.41, 5.74) is 2.98. The summed E-state index contributed by atoms with van der Waals surface area (Å²) in [5, 5.41) is 5.68. The first-order valence-electron chi connectivity index (χ1n) is 8.24. The van der Waals surface area contributed by atoms with Crippen molar-refractivity contribution in [3.8, 4) is 0 Å². The number of amides is 2. The van der Waals surface area contributed by atoms with E-state index in [1.807, 2.05) is 24.3 Å². The second kappa shape index (κ2) is 7.81. The number of benzene rings is 2. The molecular weight excluding hydrogens is 318 g/mol. The van der Waals surface area contributed by atoms with Crippen LogP contribution in [0.4, 0.5) is 21.9 Å². The average molecular weight is 339 g/mol. The number of morpholine rings is 1. The zero-order valence-electron chi connectivity index (χ0n) is 14.1. The van der Waals surface area contributed by atoms with Crippen LogP contribution >= 0.6 is 0 Å². The lowest BCUT2D eigenvalue weighted by molar-refractivity contribution is 0.101. The predicted molar refractivity (Wildman–Crippen MR) is 98.6 cm³/mol. The van der Waals surface area contributed by atoms with Gasteiger partial charge in [0.2, 0.25) is 0 Å². The molecule has 0 bridgehead atoms. The molecule has 1 aliphatic heterocycles. The Labute approximate surface area is 146 Å². The van der Waals surface area contributed by atoms with Gasteiger partial charge in [-0.05, 0) is 43.3 Å². The number of anilines is 3. The maximum absolute atomic E-state index is 12.3. The van der Waals surface area contributed by atoms with Gasteiger partial charge in [-0.15, -0.1) is 0 Å². The normalized spacial score (nSPS) is 14.0. The standard InChI is InChI=1S/C19H21N3O3/c1-14(23)15-6-8-16(9-7-15)20-19(24)21-17-4-2-3-5-18(17)22-10-12-25-13-11-22/h2-9H,10-13H2,1H3,(H2,20,21,24). The van der Waals surface area contributed by atoms with Crippen LogP contribution < -0.4 is 15.5 Å². The van der Waals surface area contributed by atoms with Crippen LogP contribution in [0.1, 0.15) is 17.3 Å². The average Bonchev–Trinajstić information content (AvgIpc) is 2.63. The molecule has 130 valence electrons. The molecule has 3 rings (SSSR count). The summed E-state index contributed by atoms with van der Waals surface area (Å²) < 4.78 is 5.38. The Morgan fingerprint density at radius 3 is 2.32 bits per heavy atom. The second-order valence-electron chi connectivity index (χ2n) is 5.83. The number of hydrogen-bond acceptors (Lipinski definition) is 4. The molecule has 1 aliphatic rings. The minimum Gasteiger partial charge on any atom is -0.378 e. The molecule has 0 aromatic heterocycles. The summed E-state index contributed by atoms with van der Waals surface area (Å²) in [5.74, 6) is -0.00422. The van der Waals surface area contributed by atoms with E-state index < -0.39 is 0 Å². The van der Waals surface area contributed by atoms with Gasteiger partial charge in [-0.25, -0.2) is 4.79 Å². The Morgan fingerprint density at radius 1 is 0.960 bits per heavy atom. The van der Waals surface area contributed by atoms with Crippen molar-refractivity contribution in [2.45, 2.75) is 6.92 Å². The van der Waals surface area contributed by atoms with Crippen molar-refractivity contribution in [2.24, 2.45) is 0 Å². The van der Waals surface area contributed by atoms with E-state index in [1.165, 1.54) is 6.92 Å². The van der Waals surface area contributed by atoms with Gasteiger partial charge < -0.3 is 20.3 Å². The third kappa shape index (κ3) is 4.36. The van der Waals surface area contributed by atoms with E-state index in [-0.39, 0.29) is 11.8 Å². The third-order valence-electron chi connectivity index (χ3n) is 4.05. The molecule has 0 saturated carbocycles. The van der Waals surface area contributed by atoms with Crippen LogP contribution in [0.2, 0.25) is 0 Å². The molecular formula is C19H21N3O3. The highest BCUT2D eigenvalue weighted by Gasteiger charge is 2.15. The van der Waals surface area contributed by atoms with Crippen LogP contribution in [0.25, 0.3) is 0 Å². The molecule has 0 spiro atoms. The lowest BCUT2D eigenvalue weighted by Crippen LogP contribution is -2.36. The van der Waals surface area contributed by atoms with Gasteiger partial charge in [-0.3, -0.25) is 4.79 Å². The van der Waals surface area contributed by atoms with E-state index in [0.717, 1.165) is 24.5 Å². The van der Waals surface area contributed by atoms with Crippen LogP contribution in [0, 0.1) is 0 Å². The first-order valence-corrected chi connectivity index (χ1v) is 8.24. The van der Waals surface area contributed by atoms with E-state index in [4.69, 9.17) is 4.74 Å². The van der Waals surface area contributed by atoms with Gasteiger partial charge in [0, 0.05) is 24.3 Å². The highest BCUT2D eigenvalue weighted by Crippen LogP contribution is 2.26. The van der Waals surface area contributed by atoms with Gasteiger partial charge in [0.15, 0.2) is 5.78 Å². The molecule has 1 saturated heterocycles. The smallest absolute Gasteiger partial charge is 0.323 e. The second-order valence-corrected chi connectivity index (χ2v) is 5.83. The first-order chi connectivity index (χ1) is 12.1. The Balaban J connectivity index is 1.67. The highest BCUT2D eigenvalue weighted by atomic mass is 16.5. The maximum atomic E-state index is 12.3. The molecule has 0 unspecified atom stereocenters. The molecule has 6 heteroatoms. The minimum absolute atomic E-state index is 0.00422. The van der Waals surface area contributed by atoms with Gasteiger partial charge in [-0.1, -0.05) is 12.1 Å². The first kappa shape index (κ1) is 17.0. The number of urea groups is 1. The number of nitrogens with one attached hydrogen (secondary N) is 2. The number of carbonyl (C=O) groups excluding carboxylic acids is 2. The monoisotopic (exact) mass is 339 g/mol. The van der Waals surface area contributed by atoms with Crippen LogP contribution in [0.3, 0.4) is 0 Å². The van der Waals surface area contributed by atoms with E-state index in [0.29, 0.717) is 24.5 Å². The van der Waals surface area contributed by atoms with Crippen molar-refractivity contribution >= 4 is 28.9 Å². The Kier molecular flexibility index (Phi) is 5.30. The number of carbonyl (C=O) groups is 2. The van der Waals surface area contributed by atoms with Gasteiger partial charge >= 0.3 is 6.03 Å². The lowest BCUT2D eigenvalue weighted by Gasteiger charge is -2.30. The zero-order valence-corrected chi connectivity index (χ0v) is 14.1. The van der Waals surface area contributed by atoms with Gasteiger partial charge in [0.05, 0.1) is 24.6 Å². The summed E-state index contributed by atoms with van der Waals surface area (Å²) in [6.45, 7) is 4.48.